The number of carbonyl (C=O) groups excluding carboxylic acids is 1. The van der Waals surface area contributed by atoms with Crippen molar-refractivity contribution >= 4 is 27.5 Å². The molecule has 2 rings (SSSR count). The van der Waals surface area contributed by atoms with E-state index in [-0.39, 0.29) is 12.0 Å². The molecular weight excluding hydrogens is 306 g/mol. The van der Waals surface area contributed by atoms with Gasteiger partial charge in [0.05, 0.1) is 6.10 Å². The minimum absolute atomic E-state index is 0.0691. The first-order chi connectivity index (χ1) is 9.15. The Morgan fingerprint density at radius 3 is 3.00 bits per heavy atom. The summed E-state index contributed by atoms with van der Waals surface area (Å²) < 4.78 is 6.66. The van der Waals surface area contributed by atoms with Gasteiger partial charge in [0.1, 0.15) is 0 Å². The predicted octanol–water partition coefficient (Wildman–Crippen LogP) is 4.05. The molecule has 1 fully saturated rings. The summed E-state index contributed by atoms with van der Waals surface area (Å²) in [6.45, 7) is 2.84. The molecule has 1 heterocycles. The largest absolute Gasteiger partial charge is 0.378 e. The molecule has 0 saturated carbocycles. The van der Waals surface area contributed by atoms with Crippen molar-refractivity contribution in [1.29, 1.82) is 0 Å². The van der Waals surface area contributed by atoms with Crippen molar-refractivity contribution in [2.75, 3.05) is 11.9 Å². The number of ether oxygens (including phenoxy) is 1. The predicted molar refractivity (Wildman–Crippen MR) is 80.3 cm³/mol. The summed E-state index contributed by atoms with van der Waals surface area (Å²) in [6.07, 6.45) is 5.08. The first kappa shape index (κ1) is 14.5. The van der Waals surface area contributed by atoms with Gasteiger partial charge >= 0.3 is 0 Å². The molecule has 1 N–H and O–H groups in total. The molecule has 104 valence electrons. The van der Waals surface area contributed by atoms with Crippen LogP contribution < -0.4 is 5.32 Å². The molecule has 1 saturated heterocycles. The van der Waals surface area contributed by atoms with Gasteiger partial charge in [-0.2, -0.15) is 0 Å². The Morgan fingerprint density at radius 1 is 1.47 bits per heavy atom. The number of aryl methyl sites for hydroxylation is 1. The molecule has 1 aliphatic rings. The summed E-state index contributed by atoms with van der Waals surface area (Å²) in [5.41, 5.74) is 1.95. The molecule has 0 aliphatic carbocycles. The van der Waals surface area contributed by atoms with Gasteiger partial charge < -0.3 is 10.1 Å². The van der Waals surface area contributed by atoms with Crippen molar-refractivity contribution in [1.82, 2.24) is 0 Å². The van der Waals surface area contributed by atoms with E-state index in [4.69, 9.17) is 4.74 Å². The molecule has 4 heteroatoms. The molecule has 1 unspecified atom stereocenters. The molecule has 1 aliphatic heterocycles. The second-order valence-corrected chi connectivity index (χ2v) is 5.95. The van der Waals surface area contributed by atoms with E-state index in [1.54, 1.807) is 0 Å². The van der Waals surface area contributed by atoms with E-state index >= 15 is 0 Å². The van der Waals surface area contributed by atoms with E-state index in [0.29, 0.717) is 6.42 Å². The number of nitrogens with one attached hydrogen (secondary N) is 1. The number of hydrogen-bond acceptors (Lipinski definition) is 2. The normalized spacial score (nSPS) is 19.2. The van der Waals surface area contributed by atoms with E-state index in [1.807, 2.05) is 25.1 Å². The van der Waals surface area contributed by atoms with Crippen molar-refractivity contribution < 1.29 is 9.53 Å². The minimum Gasteiger partial charge on any atom is -0.378 e. The zero-order chi connectivity index (χ0) is 13.7. The van der Waals surface area contributed by atoms with Gasteiger partial charge in [0, 0.05) is 23.2 Å². The SMILES string of the molecule is Cc1cc(Br)ccc1NC(=O)CCC1CCCCO1. The summed E-state index contributed by atoms with van der Waals surface area (Å²) in [7, 11) is 0. The van der Waals surface area contributed by atoms with Crippen LogP contribution in [0.4, 0.5) is 5.69 Å². The van der Waals surface area contributed by atoms with Gasteiger partial charge in [-0.3, -0.25) is 4.79 Å². The monoisotopic (exact) mass is 325 g/mol. The first-order valence-electron chi connectivity index (χ1n) is 6.83. The van der Waals surface area contributed by atoms with Crippen LogP contribution in [0.5, 0.6) is 0 Å². The zero-order valence-electron chi connectivity index (χ0n) is 11.2. The van der Waals surface area contributed by atoms with Crippen molar-refractivity contribution in [3.05, 3.63) is 28.2 Å². The third-order valence-electron chi connectivity index (χ3n) is 3.43. The third-order valence-corrected chi connectivity index (χ3v) is 3.92. The lowest BCUT2D eigenvalue weighted by Crippen LogP contribution is -2.21. The Labute approximate surface area is 122 Å². The maximum absolute atomic E-state index is 11.9. The van der Waals surface area contributed by atoms with Gasteiger partial charge in [0.25, 0.3) is 0 Å². The molecule has 0 radical (unpaired) electrons. The highest BCUT2D eigenvalue weighted by Gasteiger charge is 2.15. The van der Waals surface area contributed by atoms with Gasteiger partial charge in [-0.05, 0) is 56.4 Å². The van der Waals surface area contributed by atoms with Gasteiger partial charge in [-0.1, -0.05) is 15.9 Å². The highest BCUT2D eigenvalue weighted by atomic mass is 79.9. The standard InChI is InChI=1S/C15H20BrNO2/c1-11-10-12(16)5-7-14(11)17-15(18)8-6-13-4-2-3-9-19-13/h5,7,10,13H,2-4,6,8-9H2,1H3,(H,17,18). The van der Waals surface area contributed by atoms with Gasteiger partial charge in [-0.15, -0.1) is 0 Å². The highest BCUT2D eigenvalue weighted by Crippen LogP contribution is 2.21. The quantitative estimate of drug-likeness (QED) is 0.907. The molecule has 1 aromatic rings. The van der Waals surface area contributed by atoms with Crippen LogP contribution in [-0.2, 0) is 9.53 Å². The number of benzene rings is 1. The zero-order valence-corrected chi connectivity index (χ0v) is 12.8. The lowest BCUT2D eigenvalue weighted by molar-refractivity contribution is -0.117. The van der Waals surface area contributed by atoms with Crippen LogP contribution in [0.1, 0.15) is 37.7 Å². The fourth-order valence-corrected chi connectivity index (χ4v) is 2.78. The summed E-state index contributed by atoms with van der Waals surface area (Å²) in [6, 6.07) is 5.86. The molecule has 0 spiro atoms. The van der Waals surface area contributed by atoms with Crippen LogP contribution in [0, 0.1) is 6.92 Å². The minimum atomic E-state index is 0.0691. The smallest absolute Gasteiger partial charge is 0.224 e. The summed E-state index contributed by atoms with van der Waals surface area (Å²) in [5, 5.41) is 2.96. The van der Waals surface area contributed by atoms with Crippen LogP contribution in [0.2, 0.25) is 0 Å². The second kappa shape index (κ2) is 7.06. The van der Waals surface area contributed by atoms with Crippen LogP contribution in [0.25, 0.3) is 0 Å². The number of hydrogen-bond donors (Lipinski definition) is 1. The molecule has 0 aromatic heterocycles. The Balaban J connectivity index is 1.80. The highest BCUT2D eigenvalue weighted by molar-refractivity contribution is 9.10. The fraction of sp³-hybridized carbons (Fsp3) is 0.533. The number of rotatable bonds is 4. The van der Waals surface area contributed by atoms with Crippen molar-refractivity contribution in [2.45, 2.75) is 45.1 Å². The first-order valence-corrected chi connectivity index (χ1v) is 7.62. The van der Waals surface area contributed by atoms with Gasteiger partial charge in [-0.25, -0.2) is 0 Å². The van der Waals surface area contributed by atoms with Crippen LogP contribution in [0.3, 0.4) is 0 Å². The van der Waals surface area contributed by atoms with E-state index in [1.165, 1.54) is 6.42 Å². The third kappa shape index (κ3) is 4.62. The Hall–Kier alpha value is -0.870. The average Bonchev–Trinajstić information content (AvgIpc) is 2.41. The van der Waals surface area contributed by atoms with Crippen LogP contribution in [0.15, 0.2) is 22.7 Å². The fourth-order valence-electron chi connectivity index (χ4n) is 2.31. The molecular formula is C15H20BrNO2. The van der Waals surface area contributed by atoms with Crippen molar-refractivity contribution in [3.8, 4) is 0 Å². The number of amides is 1. The second-order valence-electron chi connectivity index (χ2n) is 5.03. The molecule has 3 nitrogen and oxygen atoms in total. The average molecular weight is 326 g/mol. The molecule has 0 bridgehead atoms. The van der Waals surface area contributed by atoms with E-state index in [9.17, 15) is 4.79 Å². The lowest BCUT2D eigenvalue weighted by atomic mass is 10.0. The van der Waals surface area contributed by atoms with Gasteiger partial charge in [0.2, 0.25) is 5.91 Å². The molecule has 1 aromatic carbocycles. The summed E-state index contributed by atoms with van der Waals surface area (Å²) in [5.74, 6) is 0.0691. The molecule has 19 heavy (non-hydrogen) atoms. The van der Waals surface area contributed by atoms with Crippen molar-refractivity contribution in [2.24, 2.45) is 0 Å². The Morgan fingerprint density at radius 2 is 2.32 bits per heavy atom. The van der Waals surface area contributed by atoms with Crippen LogP contribution in [-0.4, -0.2) is 18.6 Å². The number of halogens is 1. The molecule has 1 atom stereocenters. The lowest BCUT2D eigenvalue weighted by Gasteiger charge is -2.22. The van der Waals surface area contributed by atoms with E-state index in [2.05, 4.69) is 21.2 Å². The van der Waals surface area contributed by atoms with E-state index < -0.39 is 0 Å². The topological polar surface area (TPSA) is 38.3 Å². The summed E-state index contributed by atoms with van der Waals surface area (Å²) in [4.78, 5) is 11.9. The maximum atomic E-state index is 11.9. The number of carbonyl (C=O) groups is 1. The maximum Gasteiger partial charge on any atom is 0.224 e. The van der Waals surface area contributed by atoms with Crippen molar-refractivity contribution in [3.63, 3.8) is 0 Å². The van der Waals surface area contributed by atoms with E-state index in [0.717, 1.165) is 41.6 Å². The van der Waals surface area contributed by atoms with Gasteiger partial charge in [0.15, 0.2) is 0 Å². The molecule has 1 amide bonds. The Bertz CT molecular complexity index is 442. The number of anilines is 1. The van der Waals surface area contributed by atoms with Crippen LogP contribution >= 0.6 is 15.9 Å². The Kier molecular flexibility index (Phi) is 5.40. The summed E-state index contributed by atoms with van der Waals surface area (Å²) >= 11 is 3.42.